The van der Waals surface area contributed by atoms with Crippen molar-refractivity contribution in [3.05, 3.63) is 54.2 Å². The highest BCUT2D eigenvalue weighted by Crippen LogP contribution is 2.38. The maximum atomic E-state index is 12.3. The monoisotopic (exact) mass is 295 g/mol. The molecular formula is C18H17NO3. The summed E-state index contributed by atoms with van der Waals surface area (Å²) in [4.78, 5) is 15.5. The molecule has 3 rings (SSSR count). The molecule has 0 bridgehead atoms. The molecule has 0 amide bonds. The van der Waals surface area contributed by atoms with Crippen LogP contribution in [0.2, 0.25) is 0 Å². The van der Waals surface area contributed by atoms with Crippen LogP contribution in [0.15, 0.2) is 48.5 Å². The van der Waals surface area contributed by atoms with Gasteiger partial charge in [0.05, 0.1) is 13.7 Å². The molecule has 0 unspecified atom stereocenters. The van der Waals surface area contributed by atoms with Crippen molar-refractivity contribution >= 4 is 16.9 Å². The fourth-order valence-electron chi connectivity index (χ4n) is 2.63. The summed E-state index contributed by atoms with van der Waals surface area (Å²) in [5.74, 6) is 0.359. The molecule has 1 aromatic heterocycles. The van der Waals surface area contributed by atoms with Gasteiger partial charge in [-0.15, -0.1) is 0 Å². The SMILES string of the molecule is CCOC(=O)c1[nH]c2ccccc2c1-c1ccccc1OC. The van der Waals surface area contributed by atoms with E-state index in [0.29, 0.717) is 12.3 Å². The van der Waals surface area contributed by atoms with Crippen LogP contribution in [0.25, 0.3) is 22.0 Å². The highest BCUT2D eigenvalue weighted by atomic mass is 16.5. The molecule has 1 heterocycles. The number of aromatic nitrogens is 1. The standard InChI is InChI=1S/C18H17NO3/c1-3-22-18(20)17-16(12-8-4-6-10-14(12)19-17)13-9-5-7-11-15(13)21-2/h4-11,19H,3H2,1-2H3. The summed E-state index contributed by atoms with van der Waals surface area (Å²) < 4.78 is 10.6. The predicted octanol–water partition coefficient (Wildman–Crippen LogP) is 4.02. The van der Waals surface area contributed by atoms with Gasteiger partial charge >= 0.3 is 5.97 Å². The fourth-order valence-corrected chi connectivity index (χ4v) is 2.63. The lowest BCUT2D eigenvalue weighted by Crippen LogP contribution is -2.06. The van der Waals surface area contributed by atoms with Crippen LogP contribution in [0.5, 0.6) is 5.75 Å². The number of esters is 1. The van der Waals surface area contributed by atoms with Gasteiger partial charge in [0.15, 0.2) is 0 Å². The normalized spacial score (nSPS) is 10.6. The number of nitrogens with one attached hydrogen (secondary N) is 1. The Kier molecular flexibility index (Phi) is 3.83. The number of methoxy groups -OCH3 is 1. The Bertz CT molecular complexity index is 820. The van der Waals surface area contributed by atoms with Crippen molar-refractivity contribution in [3.63, 3.8) is 0 Å². The molecule has 0 fully saturated rings. The molecule has 0 saturated heterocycles. The zero-order chi connectivity index (χ0) is 15.5. The second kappa shape index (κ2) is 5.93. The quantitative estimate of drug-likeness (QED) is 0.740. The van der Waals surface area contributed by atoms with Gasteiger partial charge in [-0.2, -0.15) is 0 Å². The number of aromatic amines is 1. The van der Waals surface area contributed by atoms with Crippen LogP contribution in [0.4, 0.5) is 0 Å². The van der Waals surface area contributed by atoms with Crippen LogP contribution in [-0.2, 0) is 4.74 Å². The number of para-hydroxylation sites is 2. The van der Waals surface area contributed by atoms with Gasteiger partial charge < -0.3 is 14.5 Å². The van der Waals surface area contributed by atoms with Crippen molar-refractivity contribution < 1.29 is 14.3 Å². The number of H-pyrrole nitrogens is 1. The van der Waals surface area contributed by atoms with Gasteiger partial charge in [0.1, 0.15) is 11.4 Å². The molecule has 1 N–H and O–H groups in total. The minimum Gasteiger partial charge on any atom is -0.496 e. The highest BCUT2D eigenvalue weighted by molar-refractivity contribution is 6.08. The number of rotatable bonds is 4. The van der Waals surface area contributed by atoms with Crippen molar-refractivity contribution in [3.8, 4) is 16.9 Å². The molecule has 0 atom stereocenters. The van der Waals surface area contributed by atoms with Gasteiger partial charge in [-0.25, -0.2) is 4.79 Å². The van der Waals surface area contributed by atoms with Gasteiger partial charge in [-0.05, 0) is 19.1 Å². The number of benzene rings is 2. The Morgan fingerprint density at radius 2 is 1.82 bits per heavy atom. The Morgan fingerprint density at radius 3 is 2.59 bits per heavy atom. The average Bonchev–Trinajstić information content (AvgIpc) is 2.94. The number of carbonyl (C=O) groups excluding carboxylic acids is 1. The van der Waals surface area contributed by atoms with Gasteiger partial charge in [-0.3, -0.25) is 0 Å². The fraction of sp³-hybridized carbons (Fsp3) is 0.167. The molecule has 0 aliphatic rings. The van der Waals surface area contributed by atoms with E-state index in [4.69, 9.17) is 9.47 Å². The number of carbonyl (C=O) groups is 1. The van der Waals surface area contributed by atoms with Crippen molar-refractivity contribution in [2.45, 2.75) is 6.92 Å². The Labute approximate surface area is 128 Å². The van der Waals surface area contributed by atoms with Gasteiger partial charge in [-0.1, -0.05) is 36.4 Å². The van der Waals surface area contributed by atoms with E-state index in [0.717, 1.165) is 27.8 Å². The second-order valence-electron chi connectivity index (χ2n) is 4.84. The van der Waals surface area contributed by atoms with Gasteiger partial charge in [0.2, 0.25) is 0 Å². The van der Waals surface area contributed by atoms with E-state index in [1.54, 1.807) is 14.0 Å². The van der Waals surface area contributed by atoms with Gasteiger partial charge in [0, 0.05) is 22.0 Å². The first-order valence-corrected chi connectivity index (χ1v) is 7.17. The first-order valence-electron chi connectivity index (χ1n) is 7.17. The summed E-state index contributed by atoms with van der Waals surface area (Å²) in [6, 6.07) is 15.5. The van der Waals surface area contributed by atoms with Crippen molar-refractivity contribution in [2.24, 2.45) is 0 Å². The summed E-state index contributed by atoms with van der Waals surface area (Å²) in [7, 11) is 1.62. The molecule has 22 heavy (non-hydrogen) atoms. The first-order chi connectivity index (χ1) is 10.8. The van der Waals surface area contributed by atoms with E-state index in [-0.39, 0.29) is 5.97 Å². The highest BCUT2D eigenvalue weighted by Gasteiger charge is 2.21. The topological polar surface area (TPSA) is 51.3 Å². The molecular weight excluding hydrogens is 278 g/mol. The molecule has 2 aromatic carbocycles. The Balaban J connectivity index is 2.30. The van der Waals surface area contributed by atoms with E-state index in [2.05, 4.69) is 4.98 Å². The van der Waals surface area contributed by atoms with Crippen LogP contribution in [0, 0.1) is 0 Å². The third-order valence-electron chi connectivity index (χ3n) is 3.56. The Hall–Kier alpha value is -2.75. The summed E-state index contributed by atoms with van der Waals surface area (Å²) in [5.41, 5.74) is 3.02. The zero-order valence-corrected chi connectivity index (χ0v) is 12.6. The smallest absolute Gasteiger partial charge is 0.355 e. The molecule has 0 saturated carbocycles. The average molecular weight is 295 g/mol. The minimum absolute atomic E-state index is 0.333. The van der Waals surface area contributed by atoms with E-state index in [9.17, 15) is 4.79 Å². The summed E-state index contributed by atoms with van der Waals surface area (Å²) >= 11 is 0. The molecule has 3 aromatic rings. The molecule has 112 valence electrons. The third kappa shape index (κ3) is 2.33. The minimum atomic E-state index is -0.361. The summed E-state index contributed by atoms with van der Waals surface area (Å²) in [5, 5.41) is 0.968. The second-order valence-corrected chi connectivity index (χ2v) is 4.84. The van der Waals surface area contributed by atoms with Gasteiger partial charge in [0.25, 0.3) is 0 Å². The molecule has 0 radical (unpaired) electrons. The number of hydrogen-bond acceptors (Lipinski definition) is 3. The van der Waals surface area contributed by atoms with Crippen molar-refractivity contribution in [1.29, 1.82) is 0 Å². The van der Waals surface area contributed by atoms with E-state index < -0.39 is 0 Å². The molecule has 0 spiro atoms. The largest absolute Gasteiger partial charge is 0.496 e. The maximum Gasteiger partial charge on any atom is 0.355 e. The van der Waals surface area contributed by atoms with Crippen LogP contribution >= 0.6 is 0 Å². The number of hydrogen-bond donors (Lipinski definition) is 1. The molecule has 4 nitrogen and oxygen atoms in total. The van der Waals surface area contributed by atoms with E-state index in [1.165, 1.54) is 0 Å². The summed E-state index contributed by atoms with van der Waals surface area (Å²) in [6.45, 7) is 2.13. The first kappa shape index (κ1) is 14.2. The lowest BCUT2D eigenvalue weighted by Gasteiger charge is -2.09. The van der Waals surface area contributed by atoms with Crippen LogP contribution in [0.1, 0.15) is 17.4 Å². The third-order valence-corrected chi connectivity index (χ3v) is 3.56. The zero-order valence-electron chi connectivity index (χ0n) is 12.6. The lowest BCUT2D eigenvalue weighted by atomic mass is 10.0. The summed E-state index contributed by atoms with van der Waals surface area (Å²) in [6.07, 6.45) is 0. The lowest BCUT2D eigenvalue weighted by molar-refractivity contribution is 0.0521. The van der Waals surface area contributed by atoms with E-state index in [1.807, 2.05) is 48.5 Å². The van der Waals surface area contributed by atoms with Crippen LogP contribution < -0.4 is 4.74 Å². The van der Waals surface area contributed by atoms with Crippen LogP contribution in [-0.4, -0.2) is 24.7 Å². The molecule has 0 aliphatic carbocycles. The van der Waals surface area contributed by atoms with E-state index >= 15 is 0 Å². The number of ether oxygens (including phenoxy) is 2. The van der Waals surface area contributed by atoms with Crippen molar-refractivity contribution in [1.82, 2.24) is 4.98 Å². The Morgan fingerprint density at radius 1 is 1.09 bits per heavy atom. The molecule has 4 heteroatoms. The molecule has 0 aliphatic heterocycles. The van der Waals surface area contributed by atoms with Crippen LogP contribution in [0.3, 0.4) is 0 Å². The predicted molar refractivity (Wildman–Crippen MR) is 86.2 cm³/mol. The van der Waals surface area contributed by atoms with Crippen molar-refractivity contribution in [2.75, 3.05) is 13.7 Å². The maximum absolute atomic E-state index is 12.3. The number of fused-ring (bicyclic) bond motifs is 1.